The third-order valence-electron chi connectivity index (χ3n) is 5.45. The molecule has 0 radical (unpaired) electrons. The topological polar surface area (TPSA) is 133 Å². The van der Waals surface area contributed by atoms with Crippen molar-refractivity contribution in [3.8, 4) is 17.2 Å². The van der Waals surface area contributed by atoms with E-state index in [9.17, 15) is 26.7 Å². The SMILES string of the molecule is Cc1ccc(S(=O)(=O)Oc2cc(OCC3CC3)c(C(=O)O)c(OS(=O)(=O)c3ccc(C)cc3)c2)cc1. The molecular formula is C25H24O9S2. The number of hydrogen-bond donors (Lipinski definition) is 1. The quantitative estimate of drug-likeness (QED) is 0.379. The van der Waals surface area contributed by atoms with Crippen molar-refractivity contribution in [2.45, 2.75) is 36.5 Å². The average Bonchev–Trinajstić information content (AvgIpc) is 3.62. The Labute approximate surface area is 209 Å². The summed E-state index contributed by atoms with van der Waals surface area (Å²) < 4.78 is 67.5. The number of hydrogen-bond acceptors (Lipinski definition) is 8. The summed E-state index contributed by atoms with van der Waals surface area (Å²) in [6, 6.07) is 13.7. The summed E-state index contributed by atoms with van der Waals surface area (Å²) >= 11 is 0. The lowest BCUT2D eigenvalue weighted by atomic mass is 10.1. The third-order valence-corrected chi connectivity index (χ3v) is 7.96. The molecule has 1 saturated carbocycles. The van der Waals surface area contributed by atoms with Gasteiger partial charge in [-0.2, -0.15) is 16.8 Å². The van der Waals surface area contributed by atoms with Crippen LogP contribution in [0.5, 0.6) is 17.2 Å². The molecule has 0 bridgehead atoms. The molecule has 4 rings (SSSR count). The average molecular weight is 533 g/mol. The molecule has 0 heterocycles. The fraction of sp³-hybridized carbons (Fsp3) is 0.240. The van der Waals surface area contributed by atoms with Crippen molar-refractivity contribution in [2.75, 3.05) is 6.61 Å². The van der Waals surface area contributed by atoms with Crippen LogP contribution in [0.4, 0.5) is 0 Å². The van der Waals surface area contributed by atoms with Gasteiger partial charge in [-0.1, -0.05) is 35.4 Å². The minimum Gasteiger partial charge on any atom is -0.492 e. The fourth-order valence-electron chi connectivity index (χ4n) is 3.25. The van der Waals surface area contributed by atoms with Crippen molar-refractivity contribution in [2.24, 2.45) is 5.92 Å². The summed E-state index contributed by atoms with van der Waals surface area (Å²) in [6.45, 7) is 3.75. The van der Waals surface area contributed by atoms with Crippen LogP contribution in [0, 0.1) is 19.8 Å². The molecule has 0 atom stereocenters. The molecule has 0 aromatic heterocycles. The fourth-order valence-corrected chi connectivity index (χ4v) is 5.10. The molecule has 0 aliphatic heterocycles. The largest absolute Gasteiger partial charge is 0.492 e. The van der Waals surface area contributed by atoms with Gasteiger partial charge in [0, 0.05) is 12.1 Å². The van der Waals surface area contributed by atoms with E-state index in [2.05, 4.69) is 0 Å². The Balaban J connectivity index is 1.77. The number of aromatic carboxylic acids is 1. The number of rotatable bonds is 10. The highest BCUT2D eigenvalue weighted by Gasteiger charge is 2.29. The predicted molar refractivity (Wildman–Crippen MR) is 130 cm³/mol. The number of carboxylic acids is 1. The van der Waals surface area contributed by atoms with Gasteiger partial charge in [-0.05, 0) is 56.9 Å². The lowest BCUT2D eigenvalue weighted by Crippen LogP contribution is -2.15. The van der Waals surface area contributed by atoms with E-state index in [0.717, 1.165) is 36.1 Å². The van der Waals surface area contributed by atoms with Crippen LogP contribution in [0.15, 0.2) is 70.5 Å². The molecule has 1 aliphatic rings. The molecule has 3 aromatic rings. The number of carboxylic acid groups (broad SMARTS) is 1. The maximum atomic E-state index is 12.9. The summed E-state index contributed by atoms with van der Waals surface area (Å²) in [6.07, 6.45) is 1.82. The number of ether oxygens (including phenoxy) is 1. The molecule has 190 valence electrons. The van der Waals surface area contributed by atoms with Gasteiger partial charge in [0.15, 0.2) is 5.75 Å². The van der Waals surface area contributed by atoms with Crippen LogP contribution >= 0.6 is 0 Å². The summed E-state index contributed by atoms with van der Waals surface area (Å²) in [7, 11) is -8.79. The van der Waals surface area contributed by atoms with E-state index in [1.165, 1.54) is 24.3 Å². The summed E-state index contributed by atoms with van der Waals surface area (Å²) in [4.78, 5) is 11.8. The van der Waals surface area contributed by atoms with E-state index in [1.807, 2.05) is 0 Å². The minimum atomic E-state index is -4.46. The van der Waals surface area contributed by atoms with Crippen LogP contribution in [0.1, 0.15) is 34.3 Å². The zero-order valence-corrected chi connectivity index (χ0v) is 21.1. The van der Waals surface area contributed by atoms with E-state index >= 15 is 0 Å². The third kappa shape index (κ3) is 5.97. The normalized spacial score (nSPS) is 13.7. The Morgan fingerprint density at radius 2 is 1.28 bits per heavy atom. The van der Waals surface area contributed by atoms with Gasteiger partial charge in [-0.25, -0.2) is 4.79 Å². The summed E-state index contributed by atoms with van der Waals surface area (Å²) in [5, 5.41) is 9.84. The van der Waals surface area contributed by atoms with Gasteiger partial charge in [0.1, 0.15) is 26.9 Å². The van der Waals surface area contributed by atoms with Crippen LogP contribution < -0.4 is 13.1 Å². The highest BCUT2D eigenvalue weighted by atomic mass is 32.2. The van der Waals surface area contributed by atoms with Gasteiger partial charge in [-0.3, -0.25) is 0 Å². The highest BCUT2D eigenvalue weighted by molar-refractivity contribution is 7.87. The zero-order valence-electron chi connectivity index (χ0n) is 19.5. The van der Waals surface area contributed by atoms with Gasteiger partial charge in [0.2, 0.25) is 0 Å². The summed E-state index contributed by atoms with van der Waals surface area (Å²) in [5.41, 5.74) is 1.09. The minimum absolute atomic E-state index is 0.134. The van der Waals surface area contributed by atoms with Gasteiger partial charge in [-0.15, -0.1) is 0 Å². The van der Waals surface area contributed by atoms with Crippen molar-refractivity contribution in [3.05, 3.63) is 77.4 Å². The van der Waals surface area contributed by atoms with E-state index in [1.54, 1.807) is 38.1 Å². The van der Waals surface area contributed by atoms with Crippen LogP contribution in [0.25, 0.3) is 0 Å². The lowest BCUT2D eigenvalue weighted by Gasteiger charge is -2.16. The molecule has 3 aromatic carbocycles. The second kappa shape index (κ2) is 9.82. The number of carbonyl (C=O) groups is 1. The molecule has 0 unspecified atom stereocenters. The first-order chi connectivity index (χ1) is 16.9. The first-order valence-electron chi connectivity index (χ1n) is 11.0. The predicted octanol–water partition coefficient (Wildman–Crippen LogP) is 4.33. The molecule has 0 spiro atoms. The van der Waals surface area contributed by atoms with Gasteiger partial charge in [0.05, 0.1) is 6.61 Å². The second-order valence-electron chi connectivity index (χ2n) is 8.56. The molecule has 1 N–H and O–H groups in total. The van der Waals surface area contributed by atoms with Crippen LogP contribution in [0.2, 0.25) is 0 Å². The van der Waals surface area contributed by atoms with Crippen LogP contribution in [0.3, 0.4) is 0 Å². The Bertz CT molecular complexity index is 1490. The standard InChI is InChI=1S/C25H24O9S2/c1-16-3-9-20(10-4-16)35(28,29)33-19-13-22(32-15-18-7-8-18)24(25(26)27)23(14-19)34-36(30,31)21-11-5-17(2)6-12-21/h3-6,9-14,18H,7-8,15H2,1-2H3,(H,26,27). The molecule has 11 heteroatoms. The van der Waals surface area contributed by atoms with Crippen molar-refractivity contribution >= 4 is 26.2 Å². The monoisotopic (exact) mass is 532 g/mol. The second-order valence-corrected chi connectivity index (χ2v) is 11.6. The molecule has 0 saturated heterocycles. The van der Waals surface area contributed by atoms with Gasteiger partial charge < -0.3 is 18.2 Å². The van der Waals surface area contributed by atoms with Crippen LogP contribution in [-0.2, 0) is 20.2 Å². The molecule has 1 fully saturated rings. The molecule has 36 heavy (non-hydrogen) atoms. The maximum Gasteiger partial charge on any atom is 0.343 e. The van der Waals surface area contributed by atoms with Crippen molar-refractivity contribution in [1.82, 2.24) is 0 Å². The van der Waals surface area contributed by atoms with Gasteiger partial charge in [0.25, 0.3) is 0 Å². The maximum absolute atomic E-state index is 12.9. The van der Waals surface area contributed by atoms with E-state index in [4.69, 9.17) is 13.1 Å². The smallest absolute Gasteiger partial charge is 0.343 e. The van der Waals surface area contributed by atoms with Crippen molar-refractivity contribution < 1.29 is 39.8 Å². The Hall–Kier alpha value is -3.57. The molecule has 9 nitrogen and oxygen atoms in total. The Morgan fingerprint density at radius 3 is 1.75 bits per heavy atom. The van der Waals surface area contributed by atoms with Crippen molar-refractivity contribution in [3.63, 3.8) is 0 Å². The molecule has 1 aliphatic carbocycles. The highest BCUT2D eigenvalue weighted by Crippen LogP contribution is 2.38. The Morgan fingerprint density at radius 1 is 0.806 bits per heavy atom. The number of aryl methyl sites for hydroxylation is 2. The Kier molecular flexibility index (Phi) is 6.96. The molecule has 0 amide bonds. The van der Waals surface area contributed by atoms with Crippen molar-refractivity contribution in [1.29, 1.82) is 0 Å². The first-order valence-corrected chi connectivity index (χ1v) is 13.8. The molecular weight excluding hydrogens is 508 g/mol. The van der Waals surface area contributed by atoms with E-state index in [-0.39, 0.29) is 33.8 Å². The first kappa shape index (κ1) is 25.5. The summed E-state index contributed by atoms with van der Waals surface area (Å²) in [5.74, 6) is -2.54. The van der Waals surface area contributed by atoms with Crippen LogP contribution in [-0.4, -0.2) is 34.5 Å². The lowest BCUT2D eigenvalue weighted by molar-refractivity contribution is 0.0690. The van der Waals surface area contributed by atoms with E-state index in [0.29, 0.717) is 0 Å². The zero-order chi connectivity index (χ0) is 26.1. The van der Waals surface area contributed by atoms with E-state index < -0.39 is 37.5 Å². The van der Waals surface area contributed by atoms with Gasteiger partial charge >= 0.3 is 26.2 Å². The number of benzene rings is 3.